The zero-order valence-corrected chi connectivity index (χ0v) is 14.8. The second-order valence-electron chi connectivity index (χ2n) is 6.40. The molecule has 3 N–H and O–H groups in total. The molecular formula is C21H19N5O. The van der Waals surface area contributed by atoms with Crippen LogP contribution in [-0.4, -0.2) is 28.8 Å². The van der Waals surface area contributed by atoms with Crippen LogP contribution >= 0.6 is 0 Å². The van der Waals surface area contributed by atoms with Gasteiger partial charge in [-0.1, -0.05) is 42.5 Å². The molecule has 2 heterocycles. The summed E-state index contributed by atoms with van der Waals surface area (Å²) in [7, 11) is 1.61. The third-order valence-electron chi connectivity index (χ3n) is 4.74. The van der Waals surface area contributed by atoms with Gasteiger partial charge in [-0.15, -0.1) is 0 Å². The first-order chi connectivity index (χ1) is 13.1. The number of benzene rings is 2. The summed E-state index contributed by atoms with van der Waals surface area (Å²) in [5, 5.41) is 14.6. The fourth-order valence-corrected chi connectivity index (χ4v) is 3.35. The van der Waals surface area contributed by atoms with Gasteiger partial charge >= 0.3 is 0 Å². The van der Waals surface area contributed by atoms with Crippen LogP contribution in [0.4, 0.5) is 11.4 Å². The molecule has 0 spiro atoms. The minimum absolute atomic E-state index is 0.0800. The van der Waals surface area contributed by atoms with Gasteiger partial charge in [-0.3, -0.25) is 20.1 Å². The molecule has 1 amide bonds. The molecule has 27 heavy (non-hydrogen) atoms. The molecule has 1 atom stereocenters. The number of amides is 1. The molecule has 0 radical (unpaired) electrons. The van der Waals surface area contributed by atoms with Gasteiger partial charge in [-0.2, -0.15) is 0 Å². The lowest BCUT2D eigenvalue weighted by Crippen LogP contribution is -2.45. The van der Waals surface area contributed by atoms with Crippen molar-refractivity contribution in [3.05, 3.63) is 90.3 Å². The highest BCUT2D eigenvalue weighted by atomic mass is 16.2. The Morgan fingerprint density at radius 1 is 0.963 bits per heavy atom. The molecule has 1 aromatic heterocycles. The maximum Gasteiger partial charge on any atom is 0.264 e. The normalized spacial score (nSPS) is 19.1. The zero-order valence-electron chi connectivity index (χ0n) is 14.8. The fraction of sp³-hybridized carbons (Fsp3) is 0.0952. The van der Waals surface area contributed by atoms with Crippen LogP contribution in [0.1, 0.15) is 11.1 Å². The molecule has 1 aliphatic heterocycles. The van der Waals surface area contributed by atoms with Crippen LogP contribution in [0.3, 0.4) is 0 Å². The molecule has 3 aromatic rings. The number of nitrogens with zero attached hydrogens (tertiary/aromatic N) is 2. The van der Waals surface area contributed by atoms with E-state index in [1.165, 1.54) is 4.90 Å². The third-order valence-corrected chi connectivity index (χ3v) is 4.74. The van der Waals surface area contributed by atoms with E-state index in [1.54, 1.807) is 19.4 Å². The van der Waals surface area contributed by atoms with Crippen molar-refractivity contribution in [1.82, 2.24) is 15.2 Å². The second-order valence-corrected chi connectivity index (χ2v) is 6.40. The Morgan fingerprint density at radius 3 is 2.33 bits per heavy atom. The summed E-state index contributed by atoms with van der Waals surface area (Å²) in [5.41, 5.74) is 2.21. The van der Waals surface area contributed by atoms with E-state index in [1.807, 2.05) is 66.7 Å². The topological polar surface area (TPSA) is 81.1 Å². The predicted octanol–water partition coefficient (Wildman–Crippen LogP) is 3.07. The maximum atomic E-state index is 13.2. The Bertz CT molecular complexity index is 990. The average Bonchev–Trinajstić information content (AvgIpc) is 2.95. The highest BCUT2D eigenvalue weighted by Crippen LogP contribution is 2.36. The van der Waals surface area contributed by atoms with Crippen LogP contribution in [0.5, 0.6) is 0 Å². The number of nitrogens with one attached hydrogen (secondary N) is 3. The summed E-state index contributed by atoms with van der Waals surface area (Å²) in [6.07, 6.45) is 3.44. The smallest absolute Gasteiger partial charge is 0.264 e. The molecule has 0 saturated carbocycles. The van der Waals surface area contributed by atoms with Crippen molar-refractivity contribution < 1.29 is 4.79 Å². The van der Waals surface area contributed by atoms with Gasteiger partial charge in [-0.25, -0.2) is 0 Å². The van der Waals surface area contributed by atoms with Crippen LogP contribution in [-0.2, 0) is 10.3 Å². The zero-order chi connectivity index (χ0) is 18.9. The number of carbonyl (C=O) groups excluding carboxylic acids is 1. The first-order valence-corrected chi connectivity index (χ1v) is 8.59. The molecule has 4 rings (SSSR count). The van der Waals surface area contributed by atoms with Crippen LogP contribution in [0, 0.1) is 5.41 Å². The Hall–Kier alpha value is -3.67. The Balaban J connectivity index is 1.81. The summed E-state index contributed by atoms with van der Waals surface area (Å²) in [6, 6.07) is 20.9. The molecule has 2 aromatic carbocycles. The van der Waals surface area contributed by atoms with Gasteiger partial charge in [0.15, 0.2) is 11.5 Å². The van der Waals surface area contributed by atoms with E-state index in [-0.39, 0.29) is 11.9 Å². The summed E-state index contributed by atoms with van der Waals surface area (Å²) in [6.45, 7) is 0. The lowest BCUT2D eigenvalue weighted by molar-refractivity contribution is -0.129. The molecular weight excluding hydrogens is 338 g/mol. The average molecular weight is 357 g/mol. The lowest BCUT2D eigenvalue weighted by Gasteiger charge is -2.28. The molecule has 1 saturated heterocycles. The summed E-state index contributed by atoms with van der Waals surface area (Å²) in [4.78, 5) is 18.6. The molecule has 1 aliphatic rings. The van der Waals surface area contributed by atoms with E-state index in [2.05, 4.69) is 15.6 Å². The highest BCUT2D eigenvalue weighted by Gasteiger charge is 2.50. The summed E-state index contributed by atoms with van der Waals surface area (Å²) in [5.74, 6) is -0.101. The molecule has 1 fully saturated rings. The van der Waals surface area contributed by atoms with Crippen LogP contribution in [0.2, 0.25) is 0 Å². The number of carbonyl (C=O) groups is 1. The van der Waals surface area contributed by atoms with Crippen molar-refractivity contribution in [2.45, 2.75) is 5.54 Å². The van der Waals surface area contributed by atoms with Crippen molar-refractivity contribution in [2.24, 2.45) is 0 Å². The monoisotopic (exact) mass is 357 g/mol. The van der Waals surface area contributed by atoms with Crippen molar-refractivity contribution in [3.8, 4) is 0 Å². The van der Waals surface area contributed by atoms with E-state index in [9.17, 15) is 4.79 Å². The van der Waals surface area contributed by atoms with Crippen molar-refractivity contribution >= 4 is 23.2 Å². The Morgan fingerprint density at radius 2 is 1.67 bits per heavy atom. The summed E-state index contributed by atoms with van der Waals surface area (Å²) >= 11 is 0. The van der Waals surface area contributed by atoms with E-state index in [0.29, 0.717) is 0 Å². The third kappa shape index (κ3) is 2.81. The van der Waals surface area contributed by atoms with E-state index in [4.69, 9.17) is 5.41 Å². The molecule has 134 valence electrons. The fourth-order valence-electron chi connectivity index (χ4n) is 3.35. The molecule has 6 heteroatoms. The van der Waals surface area contributed by atoms with Crippen LogP contribution < -0.4 is 10.6 Å². The minimum Gasteiger partial charge on any atom is -0.355 e. The second kappa shape index (κ2) is 6.57. The molecule has 6 nitrogen and oxygen atoms in total. The van der Waals surface area contributed by atoms with Gasteiger partial charge in [0.1, 0.15) is 0 Å². The van der Waals surface area contributed by atoms with Crippen molar-refractivity contribution in [3.63, 3.8) is 0 Å². The Labute approximate surface area is 157 Å². The standard InChI is InChI=1S/C21H19N5O/c1-26-19(27)21(25-20(26)22,15-6-3-2-4-7-15)16-8-5-9-18(14-16)24-17-10-12-23-13-11-17/h2-14H,1H3,(H2,22,25)(H,23,24). The molecule has 0 aliphatic carbocycles. The van der Waals surface area contributed by atoms with E-state index in [0.717, 1.165) is 22.5 Å². The first-order valence-electron chi connectivity index (χ1n) is 8.59. The van der Waals surface area contributed by atoms with Crippen molar-refractivity contribution in [1.29, 1.82) is 5.41 Å². The molecule has 1 unspecified atom stereocenters. The number of likely N-dealkylation sites (N-methyl/N-ethyl adjacent to an activating group) is 1. The largest absolute Gasteiger partial charge is 0.355 e. The summed E-state index contributed by atoms with van der Waals surface area (Å²) < 4.78 is 0. The number of guanidine groups is 1. The van der Waals surface area contributed by atoms with Crippen LogP contribution in [0.15, 0.2) is 79.1 Å². The quantitative estimate of drug-likeness (QED) is 0.670. The minimum atomic E-state index is -1.12. The number of pyridine rings is 1. The number of hydrogen-bond donors (Lipinski definition) is 3. The van der Waals surface area contributed by atoms with Gasteiger partial charge < -0.3 is 10.6 Å². The predicted molar refractivity (Wildman–Crippen MR) is 105 cm³/mol. The number of aromatic nitrogens is 1. The number of anilines is 2. The van der Waals surface area contributed by atoms with Gasteiger partial charge in [-0.05, 0) is 35.4 Å². The van der Waals surface area contributed by atoms with E-state index < -0.39 is 5.54 Å². The maximum absolute atomic E-state index is 13.2. The highest BCUT2D eigenvalue weighted by molar-refractivity contribution is 6.10. The molecule has 0 bridgehead atoms. The van der Waals surface area contributed by atoms with Gasteiger partial charge in [0.2, 0.25) is 0 Å². The first kappa shape index (κ1) is 16.8. The lowest BCUT2D eigenvalue weighted by atomic mass is 9.82. The van der Waals surface area contributed by atoms with E-state index >= 15 is 0 Å². The van der Waals surface area contributed by atoms with Gasteiger partial charge in [0.05, 0.1) is 0 Å². The van der Waals surface area contributed by atoms with Crippen molar-refractivity contribution in [2.75, 3.05) is 12.4 Å². The van der Waals surface area contributed by atoms with Crippen LogP contribution in [0.25, 0.3) is 0 Å². The van der Waals surface area contributed by atoms with Gasteiger partial charge in [0.25, 0.3) is 5.91 Å². The number of hydrogen-bond acceptors (Lipinski definition) is 4. The number of rotatable bonds is 4. The SMILES string of the molecule is CN1C(=N)NC(c2ccccc2)(c2cccc(Nc3ccncc3)c2)C1=O. The Kier molecular flexibility index (Phi) is 4.08. The van der Waals surface area contributed by atoms with Gasteiger partial charge in [0, 0.05) is 30.8 Å².